The van der Waals surface area contributed by atoms with Crippen LogP contribution in [0.5, 0.6) is 5.75 Å². The number of fused-ring (bicyclic) bond motifs is 1. The normalized spacial score (nSPS) is 21.7. The molecule has 8 heteroatoms. The summed E-state index contributed by atoms with van der Waals surface area (Å²) in [5.74, 6) is 0.360. The van der Waals surface area contributed by atoms with Crippen LogP contribution < -0.4 is 10.4 Å². The molecule has 2 fully saturated rings. The Morgan fingerprint density at radius 3 is 2.77 bits per heavy atom. The van der Waals surface area contributed by atoms with E-state index in [1.807, 2.05) is 13.0 Å². The first-order valence-electron chi connectivity index (χ1n) is 10.3. The number of hydrogen-bond donors (Lipinski definition) is 0. The number of nitrogens with zero attached hydrogens (tertiary/aromatic N) is 2. The van der Waals surface area contributed by atoms with E-state index < -0.39 is 11.2 Å². The predicted molar refractivity (Wildman–Crippen MR) is 110 cm³/mol. The highest BCUT2D eigenvalue weighted by atomic mass is 16.6. The molecule has 1 aromatic carbocycles. The molecule has 1 aromatic heterocycles. The van der Waals surface area contributed by atoms with Gasteiger partial charge in [-0.1, -0.05) is 6.92 Å². The van der Waals surface area contributed by atoms with Crippen molar-refractivity contribution in [3.8, 4) is 5.75 Å². The van der Waals surface area contributed by atoms with Gasteiger partial charge in [-0.3, -0.25) is 4.79 Å². The molecule has 2 saturated heterocycles. The molecule has 1 atom stereocenters. The van der Waals surface area contributed by atoms with Gasteiger partial charge in [0.05, 0.1) is 6.54 Å². The molecule has 1 unspecified atom stereocenters. The summed E-state index contributed by atoms with van der Waals surface area (Å²) in [6.07, 6.45) is 2.57. The second-order valence-corrected chi connectivity index (χ2v) is 8.03. The highest BCUT2D eigenvalue weighted by Crippen LogP contribution is 2.32. The largest absolute Gasteiger partial charge is 0.484 e. The van der Waals surface area contributed by atoms with Crippen molar-refractivity contribution in [3.05, 3.63) is 40.2 Å². The third kappa shape index (κ3) is 3.99. The van der Waals surface area contributed by atoms with E-state index in [0.717, 1.165) is 30.2 Å². The summed E-state index contributed by atoms with van der Waals surface area (Å²) in [5.41, 5.74) is 0.479. The summed E-state index contributed by atoms with van der Waals surface area (Å²) in [5, 5.41) is 0.865. The Balaban J connectivity index is 1.39. The van der Waals surface area contributed by atoms with Gasteiger partial charge in [-0.25, -0.2) is 9.59 Å². The number of benzene rings is 1. The summed E-state index contributed by atoms with van der Waals surface area (Å²) in [6.45, 7) is 3.57. The van der Waals surface area contributed by atoms with Crippen LogP contribution >= 0.6 is 0 Å². The first kappa shape index (κ1) is 20.3. The third-order valence-electron chi connectivity index (χ3n) is 5.94. The fraction of sp³-hybridized carbons (Fsp3) is 0.500. The minimum Gasteiger partial charge on any atom is -0.484 e. The van der Waals surface area contributed by atoms with Crippen LogP contribution in [0.4, 0.5) is 4.79 Å². The number of aryl methyl sites for hydroxylation is 1. The maximum absolute atomic E-state index is 12.7. The van der Waals surface area contributed by atoms with Crippen LogP contribution in [0.15, 0.2) is 33.5 Å². The topological polar surface area (TPSA) is 89.3 Å². The highest BCUT2D eigenvalue weighted by Gasteiger charge is 2.44. The summed E-state index contributed by atoms with van der Waals surface area (Å²) < 4.78 is 16.6. The molecule has 160 valence electrons. The number of rotatable bonds is 4. The predicted octanol–water partition coefficient (Wildman–Crippen LogP) is 2.57. The Morgan fingerprint density at radius 2 is 2.03 bits per heavy atom. The standard InChI is InChI=1S/C22H26N2O6/c1-3-15-11-20(26)29-18-12-16(5-6-17(15)18)28-13-19(25)24-9-4-7-22(8-10-24)14-23(2)21(27)30-22/h5-6,11-12H,3-4,7-10,13-14H2,1-2H3. The molecule has 2 aromatic rings. The maximum atomic E-state index is 12.7. The lowest BCUT2D eigenvalue weighted by molar-refractivity contribution is -0.133. The average Bonchev–Trinajstić information content (AvgIpc) is 2.88. The van der Waals surface area contributed by atoms with Gasteiger partial charge in [0.2, 0.25) is 0 Å². The quantitative estimate of drug-likeness (QED) is 0.715. The molecule has 0 radical (unpaired) electrons. The van der Waals surface area contributed by atoms with Gasteiger partial charge in [-0.15, -0.1) is 0 Å². The number of likely N-dealkylation sites (N-methyl/N-ethyl adjacent to an activating group) is 1. The monoisotopic (exact) mass is 414 g/mol. The van der Waals surface area contributed by atoms with Gasteiger partial charge in [0.25, 0.3) is 5.91 Å². The molecule has 8 nitrogen and oxygen atoms in total. The number of carbonyl (C=O) groups excluding carboxylic acids is 2. The van der Waals surface area contributed by atoms with Crippen LogP contribution in [0.25, 0.3) is 11.0 Å². The highest BCUT2D eigenvalue weighted by molar-refractivity contribution is 5.82. The van der Waals surface area contributed by atoms with Crippen molar-refractivity contribution in [1.82, 2.24) is 9.80 Å². The van der Waals surface area contributed by atoms with Gasteiger partial charge in [0.1, 0.15) is 16.9 Å². The van der Waals surface area contributed by atoms with Gasteiger partial charge in [-0.05, 0) is 37.0 Å². The molecule has 0 aliphatic carbocycles. The number of likely N-dealkylation sites (tertiary alicyclic amines) is 1. The van der Waals surface area contributed by atoms with E-state index in [1.165, 1.54) is 6.07 Å². The van der Waals surface area contributed by atoms with Crippen LogP contribution in [0.1, 0.15) is 31.7 Å². The molecule has 1 spiro atoms. The van der Waals surface area contributed by atoms with Crippen molar-refractivity contribution < 1.29 is 23.5 Å². The maximum Gasteiger partial charge on any atom is 0.410 e. The molecule has 0 saturated carbocycles. The fourth-order valence-corrected chi connectivity index (χ4v) is 4.30. The van der Waals surface area contributed by atoms with E-state index in [4.69, 9.17) is 13.9 Å². The fourth-order valence-electron chi connectivity index (χ4n) is 4.30. The third-order valence-corrected chi connectivity index (χ3v) is 5.94. The molecule has 2 aliphatic heterocycles. The second-order valence-electron chi connectivity index (χ2n) is 8.03. The van der Waals surface area contributed by atoms with Gasteiger partial charge >= 0.3 is 11.7 Å². The van der Waals surface area contributed by atoms with Crippen molar-refractivity contribution in [2.45, 2.75) is 38.2 Å². The lowest BCUT2D eigenvalue weighted by Gasteiger charge is -2.25. The lowest BCUT2D eigenvalue weighted by Crippen LogP contribution is -2.38. The van der Waals surface area contributed by atoms with Crippen molar-refractivity contribution in [1.29, 1.82) is 0 Å². The van der Waals surface area contributed by atoms with Gasteiger partial charge in [-0.2, -0.15) is 0 Å². The van der Waals surface area contributed by atoms with Crippen LogP contribution in [-0.4, -0.2) is 60.7 Å². The Kier molecular flexibility index (Phi) is 5.40. The zero-order chi connectivity index (χ0) is 21.3. The van der Waals surface area contributed by atoms with Gasteiger partial charge in [0, 0.05) is 44.1 Å². The zero-order valence-corrected chi connectivity index (χ0v) is 17.3. The molecule has 30 heavy (non-hydrogen) atoms. The molecular weight excluding hydrogens is 388 g/mol. The average molecular weight is 414 g/mol. The van der Waals surface area contributed by atoms with E-state index in [-0.39, 0.29) is 18.6 Å². The summed E-state index contributed by atoms with van der Waals surface area (Å²) in [4.78, 5) is 39.5. The van der Waals surface area contributed by atoms with Crippen molar-refractivity contribution in [2.24, 2.45) is 0 Å². The SMILES string of the molecule is CCc1cc(=O)oc2cc(OCC(=O)N3CCCC4(CC3)CN(C)C(=O)O4)ccc12. The Labute approximate surface area is 174 Å². The lowest BCUT2D eigenvalue weighted by atomic mass is 9.95. The van der Waals surface area contributed by atoms with E-state index in [0.29, 0.717) is 37.4 Å². The van der Waals surface area contributed by atoms with Crippen LogP contribution in [0.2, 0.25) is 0 Å². The van der Waals surface area contributed by atoms with E-state index in [2.05, 4.69) is 0 Å². The summed E-state index contributed by atoms with van der Waals surface area (Å²) in [6, 6.07) is 6.77. The molecule has 2 amide bonds. The molecule has 0 N–H and O–H groups in total. The minimum absolute atomic E-state index is 0.101. The zero-order valence-electron chi connectivity index (χ0n) is 17.3. The molecular formula is C22H26N2O6. The van der Waals surface area contributed by atoms with Crippen molar-refractivity contribution >= 4 is 23.0 Å². The van der Waals surface area contributed by atoms with Crippen molar-refractivity contribution in [2.75, 3.05) is 33.3 Å². The first-order valence-corrected chi connectivity index (χ1v) is 10.3. The second kappa shape index (κ2) is 8.01. The summed E-state index contributed by atoms with van der Waals surface area (Å²) in [7, 11) is 1.73. The molecule has 3 heterocycles. The van der Waals surface area contributed by atoms with Crippen LogP contribution in [0, 0.1) is 0 Å². The summed E-state index contributed by atoms with van der Waals surface area (Å²) >= 11 is 0. The van der Waals surface area contributed by atoms with E-state index in [9.17, 15) is 14.4 Å². The van der Waals surface area contributed by atoms with Crippen LogP contribution in [-0.2, 0) is 16.0 Å². The number of carbonyl (C=O) groups is 2. The van der Waals surface area contributed by atoms with Gasteiger partial charge in [0.15, 0.2) is 6.61 Å². The Hall–Kier alpha value is -3.03. The van der Waals surface area contributed by atoms with Crippen LogP contribution in [0.3, 0.4) is 0 Å². The van der Waals surface area contributed by atoms with E-state index in [1.54, 1.807) is 29.0 Å². The number of amides is 2. The Bertz CT molecular complexity index is 1030. The number of hydrogen-bond acceptors (Lipinski definition) is 6. The van der Waals surface area contributed by atoms with Gasteiger partial charge < -0.3 is 23.7 Å². The van der Waals surface area contributed by atoms with Crippen molar-refractivity contribution in [3.63, 3.8) is 0 Å². The molecule has 4 rings (SSSR count). The number of ether oxygens (including phenoxy) is 2. The minimum atomic E-state index is -0.491. The first-order chi connectivity index (χ1) is 14.4. The molecule has 0 bridgehead atoms. The smallest absolute Gasteiger partial charge is 0.410 e. The van der Waals surface area contributed by atoms with E-state index >= 15 is 0 Å². The Morgan fingerprint density at radius 1 is 1.20 bits per heavy atom. The molecule has 2 aliphatic rings.